The summed E-state index contributed by atoms with van der Waals surface area (Å²) in [5.41, 5.74) is -1.16. The molecule has 0 radical (unpaired) electrons. The van der Waals surface area contributed by atoms with Gasteiger partial charge in [0.1, 0.15) is 0 Å². The first-order chi connectivity index (χ1) is 13.1. The van der Waals surface area contributed by atoms with Gasteiger partial charge in [-0.15, -0.1) is 4.28 Å². The van der Waals surface area contributed by atoms with Gasteiger partial charge in [0.2, 0.25) is 0 Å². The third-order valence-corrected chi connectivity index (χ3v) is 5.89. The van der Waals surface area contributed by atoms with E-state index in [0.29, 0.717) is 19.6 Å². The zero-order valence-electron chi connectivity index (χ0n) is 17.2. The van der Waals surface area contributed by atoms with E-state index in [1.165, 1.54) is 13.8 Å². The van der Waals surface area contributed by atoms with Crippen LogP contribution in [0, 0.1) is 5.41 Å². The van der Waals surface area contributed by atoms with Crippen molar-refractivity contribution >= 4 is 22.4 Å². The maximum absolute atomic E-state index is 12.3. The van der Waals surface area contributed by atoms with Gasteiger partial charge in [0, 0.05) is 12.6 Å². The highest BCUT2D eigenvalue weighted by atomic mass is 32.3. The van der Waals surface area contributed by atoms with Crippen molar-refractivity contribution in [2.45, 2.75) is 78.3 Å². The number of carbonyl (C=O) groups excluding carboxylic acids is 2. The van der Waals surface area contributed by atoms with Crippen LogP contribution in [0.15, 0.2) is 0 Å². The summed E-state index contributed by atoms with van der Waals surface area (Å²) in [7, 11) is -4.48. The first-order valence-corrected chi connectivity index (χ1v) is 11.3. The number of hydrogen-bond acceptors (Lipinski definition) is 7. The molecule has 2 amide bonds. The van der Waals surface area contributed by atoms with E-state index in [0.717, 1.165) is 37.2 Å². The van der Waals surface area contributed by atoms with Crippen molar-refractivity contribution in [1.82, 2.24) is 9.96 Å². The predicted molar refractivity (Wildman–Crippen MR) is 101 cm³/mol. The molecule has 0 unspecified atom stereocenters. The van der Waals surface area contributed by atoms with E-state index >= 15 is 0 Å². The summed E-state index contributed by atoms with van der Waals surface area (Å²) in [6.45, 7) is 7.38. The molecular formula is C18H32N2O7S. The Balaban J connectivity index is 1.83. The number of hydroxylamine groups is 2. The number of carbonyl (C=O) groups is 2. The Morgan fingerprint density at radius 1 is 1.21 bits per heavy atom. The molecule has 2 heterocycles. The molecule has 2 saturated heterocycles. The molecule has 0 saturated carbocycles. The first-order valence-electron chi connectivity index (χ1n) is 9.93. The van der Waals surface area contributed by atoms with Gasteiger partial charge in [-0.05, 0) is 40.0 Å². The molecule has 162 valence electrons. The summed E-state index contributed by atoms with van der Waals surface area (Å²) >= 11 is 0. The van der Waals surface area contributed by atoms with Crippen LogP contribution in [0.1, 0.15) is 66.2 Å². The van der Waals surface area contributed by atoms with Gasteiger partial charge < -0.3 is 9.64 Å². The highest BCUT2D eigenvalue weighted by Gasteiger charge is 2.46. The fourth-order valence-corrected chi connectivity index (χ4v) is 4.07. The molecule has 9 nitrogen and oxygen atoms in total. The van der Waals surface area contributed by atoms with E-state index in [1.807, 2.05) is 6.92 Å². The number of amides is 2. The van der Waals surface area contributed by atoms with Crippen LogP contribution in [0.3, 0.4) is 0 Å². The molecule has 10 heteroatoms. The number of piperidine rings is 1. The van der Waals surface area contributed by atoms with Gasteiger partial charge in [0.25, 0.3) is 0 Å². The number of nitrogens with zero attached hydrogens (tertiary/aromatic N) is 2. The number of ether oxygens (including phenoxy) is 1. The van der Waals surface area contributed by atoms with Crippen molar-refractivity contribution in [1.29, 1.82) is 0 Å². The number of hydrogen-bond donors (Lipinski definition) is 0. The van der Waals surface area contributed by atoms with Gasteiger partial charge in [0.15, 0.2) is 0 Å². The van der Waals surface area contributed by atoms with Gasteiger partial charge in [-0.3, -0.25) is 4.79 Å². The summed E-state index contributed by atoms with van der Waals surface area (Å²) in [5.74, 6) is -0.535. The molecule has 28 heavy (non-hydrogen) atoms. The number of urea groups is 1. The Labute approximate surface area is 167 Å². The molecule has 2 atom stereocenters. The summed E-state index contributed by atoms with van der Waals surface area (Å²) in [5, 5.41) is 0.873. The van der Waals surface area contributed by atoms with E-state index in [9.17, 15) is 18.0 Å². The highest BCUT2D eigenvalue weighted by Crippen LogP contribution is 2.31. The van der Waals surface area contributed by atoms with E-state index in [1.54, 1.807) is 4.90 Å². The normalized spacial score (nSPS) is 22.6. The second kappa shape index (κ2) is 9.41. The third-order valence-electron chi connectivity index (χ3n) is 5.14. The van der Waals surface area contributed by atoms with Crippen LogP contribution in [0.25, 0.3) is 0 Å². The average Bonchev–Trinajstić information content (AvgIpc) is 2.88. The van der Waals surface area contributed by atoms with Crippen molar-refractivity contribution in [3.8, 4) is 0 Å². The van der Waals surface area contributed by atoms with E-state index < -0.39 is 34.4 Å². The topological polar surface area (TPSA) is 102 Å². The minimum Gasteiger partial charge on any atom is -0.465 e. The number of unbranched alkanes of at least 4 members (excludes halogenated alkanes) is 3. The van der Waals surface area contributed by atoms with Crippen molar-refractivity contribution < 1.29 is 31.2 Å². The molecule has 0 aromatic carbocycles. The van der Waals surface area contributed by atoms with Crippen LogP contribution in [-0.4, -0.2) is 62.2 Å². The van der Waals surface area contributed by atoms with Gasteiger partial charge in [-0.1, -0.05) is 26.2 Å². The lowest BCUT2D eigenvalue weighted by atomic mass is 9.95. The maximum atomic E-state index is 12.3. The predicted octanol–water partition coefficient (Wildman–Crippen LogP) is 2.62. The second-order valence-electron chi connectivity index (χ2n) is 8.17. The Morgan fingerprint density at radius 3 is 2.57 bits per heavy atom. The van der Waals surface area contributed by atoms with Crippen LogP contribution in [-0.2, 0) is 28.4 Å². The minimum atomic E-state index is -4.48. The highest BCUT2D eigenvalue weighted by molar-refractivity contribution is 7.81. The van der Waals surface area contributed by atoms with Crippen LogP contribution in [0.2, 0.25) is 0 Å². The Morgan fingerprint density at radius 2 is 1.93 bits per heavy atom. The lowest BCUT2D eigenvalue weighted by molar-refractivity contribution is -0.156. The number of esters is 1. The Bertz CT molecular complexity index is 665. The van der Waals surface area contributed by atoms with Gasteiger partial charge in [-0.2, -0.15) is 13.5 Å². The molecule has 0 spiro atoms. The minimum absolute atomic E-state index is 0.0482. The fraction of sp³-hybridized carbons (Fsp3) is 0.889. The largest absolute Gasteiger partial charge is 0.465 e. The Hall–Kier alpha value is -1.39. The van der Waals surface area contributed by atoms with Crippen molar-refractivity contribution in [3.63, 3.8) is 0 Å². The van der Waals surface area contributed by atoms with Gasteiger partial charge in [-0.25, -0.2) is 8.98 Å². The lowest BCUT2D eigenvalue weighted by Crippen LogP contribution is -2.38. The molecule has 0 N–H and O–H groups in total. The average molecular weight is 421 g/mol. The molecule has 0 aromatic rings. The van der Waals surface area contributed by atoms with Crippen LogP contribution in [0.5, 0.6) is 0 Å². The van der Waals surface area contributed by atoms with Gasteiger partial charge >= 0.3 is 22.4 Å². The van der Waals surface area contributed by atoms with Crippen molar-refractivity contribution in [2.75, 3.05) is 19.8 Å². The van der Waals surface area contributed by atoms with Crippen molar-refractivity contribution in [2.24, 2.45) is 5.41 Å². The Kier molecular flexibility index (Phi) is 7.69. The first kappa shape index (κ1) is 22.9. The quantitative estimate of drug-likeness (QED) is 0.374. The van der Waals surface area contributed by atoms with Crippen LogP contribution >= 0.6 is 0 Å². The maximum Gasteiger partial charge on any atom is 0.421 e. The smallest absolute Gasteiger partial charge is 0.421 e. The lowest BCUT2D eigenvalue weighted by Gasteiger charge is -2.27. The molecule has 0 aromatic heterocycles. The van der Waals surface area contributed by atoms with Crippen molar-refractivity contribution in [3.05, 3.63) is 0 Å². The summed E-state index contributed by atoms with van der Waals surface area (Å²) in [4.78, 5) is 26.1. The number of rotatable bonds is 11. The fourth-order valence-electron chi connectivity index (χ4n) is 3.21. The number of fused-ring (bicyclic) bond motifs is 2. The molecule has 2 aliphatic heterocycles. The van der Waals surface area contributed by atoms with Crippen LogP contribution in [0.4, 0.5) is 4.79 Å². The summed E-state index contributed by atoms with van der Waals surface area (Å²) in [6.07, 6.45) is 5.35. The van der Waals surface area contributed by atoms with E-state index in [2.05, 4.69) is 6.92 Å². The zero-order chi connectivity index (χ0) is 20.9. The molecule has 2 aliphatic rings. The third kappa shape index (κ3) is 5.81. The van der Waals surface area contributed by atoms with E-state index in [4.69, 9.17) is 13.2 Å². The summed E-state index contributed by atoms with van der Waals surface area (Å²) in [6, 6.07) is -0.747. The molecule has 0 aliphatic carbocycles. The monoisotopic (exact) mass is 420 g/mol. The summed E-state index contributed by atoms with van der Waals surface area (Å²) < 4.78 is 39.4. The zero-order valence-corrected chi connectivity index (χ0v) is 18.0. The second-order valence-corrected chi connectivity index (χ2v) is 9.37. The van der Waals surface area contributed by atoms with Crippen LogP contribution < -0.4 is 0 Å². The van der Waals surface area contributed by atoms with E-state index in [-0.39, 0.29) is 12.1 Å². The molecule has 2 fully saturated rings. The molecule has 2 bridgehead atoms. The standard InChI is InChI=1S/C18H32N2O7S/c1-5-6-7-8-11-25-16(21)18(3,4)13-26-28(23,24)27-20-15-10-9-14(2)19(12-15)17(20)22/h14-15H,5-13H2,1-4H3/t14-,15-/m1/s1. The van der Waals surface area contributed by atoms with Gasteiger partial charge in [0.05, 0.1) is 24.7 Å². The SMILES string of the molecule is CCCCCCOC(=O)C(C)(C)COS(=O)(=O)ON1C(=O)N2C[C@H]1CC[C@H]2C. The molecular weight excluding hydrogens is 388 g/mol. The molecule has 2 rings (SSSR count).